The van der Waals surface area contributed by atoms with Crippen molar-refractivity contribution in [3.8, 4) is 11.3 Å². The number of thiazole rings is 1. The summed E-state index contributed by atoms with van der Waals surface area (Å²) < 4.78 is 36.3. The van der Waals surface area contributed by atoms with Crippen molar-refractivity contribution in [2.75, 3.05) is 18.1 Å². The van der Waals surface area contributed by atoms with Crippen LogP contribution in [0.25, 0.3) is 11.3 Å². The van der Waals surface area contributed by atoms with E-state index < -0.39 is 40.2 Å². The lowest BCUT2D eigenvalue weighted by molar-refractivity contribution is -0.115. The second-order valence-electron chi connectivity index (χ2n) is 9.48. The Bertz CT molecular complexity index is 1400. The fourth-order valence-corrected chi connectivity index (χ4v) is 4.75. The topological polar surface area (TPSA) is 129 Å². The largest absolute Gasteiger partial charge is 0.494 e. The van der Waals surface area contributed by atoms with Gasteiger partial charge in [0.15, 0.2) is 5.13 Å². The Labute approximate surface area is 214 Å². The van der Waals surface area contributed by atoms with E-state index in [-0.39, 0.29) is 12.1 Å². The average Bonchev–Trinajstić information content (AvgIpc) is 3.50. The number of hydrogen-bond donors (Lipinski definition) is 2. The summed E-state index contributed by atoms with van der Waals surface area (Å²) in [6, 6.07) is 9.07. The van der Waals surface area contributed by atoms with Crippen LogP contribution in [0.5, 0.6) is 0 Å². The van der Waals surface area contributed by atoms with E-state index in [2.05, 4.69) is 15.6 Å². The summed E-state index contributed by atoms with van der Waals surface area (Å²) in [5.74, 6) is -1.02. The van der Waals surface area contributed by atoms with Crippen LogP contribution in [0.3, 0.4) is 0 Å². The molecule has 0 bridgehead atoms. The van der Waals surface area contributed by atoms with Gasteiger partial charge in [-0.15, -0.1) is 11.3 Å². The first-order valence-electron chi connectivity index (χ1n) is 11.1. The van der Waals surface area contributed by atoms with Crippen molar-refractivity contribution in [2.24, 2.45) is 0 Å². The Kier molecular flexibility index (Phi) is 6.86. The fourth-order valence-electron chi connectivity index (χ4n) is 3.43. The molecule has 2 N–H and O–H groups in total. The molecule has 1 aliphatic heterocycles. The molecule has 1 saturated heterocycles. The smallest absolute Gasteiger partial charge is 0.399 e. The van der Waals surface area contributed by atoms with Gasteiger partial charge >= 0.3 is 7.12 Å². The molecular weight excluding hydrogens is 503 g/mol. The normalized spacial score (nSPS) is 16.6. The maximum atomic E-state index is 12.3. The third-order valence-corrected chi connectivity index (χ3v) is 7.93. The molecule has 0 unspecified atom stereocenters. The fraction of sp³-hybridized carbons (Fsp3) is 0.348. The van der Waals surface area contributed by atoms with Gasteiger partial charge in [0.2, 0.25) is 15.9 Å². The Hall–Kier alpha value is -3.00. The number of nitrogens with one attached hydrogen (secondary N) is 2. The maximum Gasteiger partial charge on any atom is 0.494 e. The quantitative estimate of drug-likeness (QED) is 0.448. The number of anilines is 1. The molecular formula is C23H27BN4O6S2. The first-order valence-corrected chi connectivity index (χ1v) is 13.9. The molecule has 10 nitrogen and oxygen atoms in total. The monoisotopic (exact) mass is 530 g/mol. The predicted molar refractivity (Wildman–Crippen MR) is 139 cm³/mol. The molecule has 3 aromatic rings. The molecule has 0 saturated carbocycles. The zero-order valence-corrected chi connectivity index (χ0v) is 22.2. The number of hydrogen-bond acceptors (Lipinski definition) is 8. The summed E-state index contributed by atoms with van der Waals surface area (Å²) in [4.78, 5) is 29.0. The van der Waals surface area contributed by atoms with Crippen LogP contribution in [-0.2, 0) is 24.1 Å². The van der Waals surface area contributed by atoms with Crippen molar-refractivity contribution in [1.82, 2.24) is 14.3 Å². The summed E-state index contributed by atoms with van der Waals surface area (Å²) in [5, 5.41) is 7.33. The number of aromatic nitrogens is 2. The number of amides is 2. The molecule has 0 radical (unpaired) electrons. The van der Waals surface area contributed by atoms with Gasteiger partial charge in [0.05, 0.1) is 35.3 Å². The Balaban J connectivity index is 1.36. The number of nitrogens with zero attached hydrogens (tertiary/aromatic N) is 2. The Morgan fingerprint density at radius 2 is 1.83 bits per heavy atom. The first-order chi connectivity index (χ1) is 16.7. The van der Waals surface area contributed by atoms with Crippen molar-refractivity contribution in [1.29, 1.82) is 0 Å². The van der Waals surface area contributed by atoms with Crippen LogP contribution >= 0.6 is 11.3 Å². The SMILES string of the molecule is CC1(C)OB(c2cccc(-c3csc(NC(=O)CNC(=O)c4ccn(S(C)(=O)=O)c4)n3)c2)OC1(C)C. The van der Waals surface area contributed by atoms with Gasteiger partial charge in [-0.25, -0.2) is 13.4 Å². The third kappa shape index (κ3) is 5.54. The molecule has 4 rings (SSSR count). The second-order valence-corrected chi connectivity index (χ2v) is 12.2. The lowest BCUT2D eigenvalue weighted by atomic mass is 9.78. The summed E-state index contributed by atoms with van der Waals surface area (Å²) in [7, 11) is -3.98. The molecule has 3 heterocycles. The lowest BCUT2D eigenvalue weighted by Gasteiger charge is -2.32. The van der Waals surface area contributed by atoms with Crippen LogP contribution in [0.1, 0.15) is 38.1 Å². The molecule has 190 valence electrons. The minimum absolute atomic E-state index is 0.131. The van der Waals surface area contributed by atoms with Gasteiger partial charge in [0, 0.05) is 23.3 Å². The standard InChI is InChI=1S/C23H27BN4O6S2/c1-22(2)23(3,4)34-24(33-22)17-8-6-7-15(11-17)18-14-35-21(26-18)27-19(29)12-25-20(30)16-9-10-28(13-16)36(5,31)32/h6-11,13-14H,12H2,1-5H3,(H,25,30)(H,26,27,29). The van der Waals surface area contributed by atoms with Crippen LogP contribution in [0, 0.1) is 0 Å². The van der Waals surface area contributed by atoms with E-state index in [0.29, 0.717) is 10.8 Å². The summed E-state index contributed by atoms with van der Waals surface area (Å²) in [6.45, 7) is 7.70. The van der Waals surface area contributed by atoms with Crippen molar-refractivity contribution in [3.05, 3.63) is 53.7 Å². The van der Waals surface area contributed by atoms with Gasteiger partial charge in [0.1, 0.15) is 0 Å². The molecule has 0 spiro atoms. The second kappa shape index (κ2) is 9.47. The molecule has 2 aromatic heterocycles. The molecule has 36 heavy (non-hydrogen) atoms. The molecule has 1 aromatic carbocycles. The number of rotatable bonds is 7. The molecule has 1 aliphatic rings. The highest BCUT2D eigenvalue weighted by Crippen LogP contribution is 2.36. The van der Waals surface area contributed by atoms with Gasteiger partial charge in [-0.05, 0) is 39.2 Å². The van der Waals surface area contributed by atoms with Gasteiger partial charge in [0.25, 0.3) is 5.91 Å². The lowest BCUT2D eigenvalue weighted by Crippen LogP contribution is -2.41. The summed E-state index contributed by atoms with van der Waals surface area (Å²) in [5.41, 5.74) is 1.64. The Morgan fingerprint density at radius 1 is 1.14 bits per heavy atom. The highest BCUT2D eigenvalue weighted by atomic mass is 32.2. The highest BCUT2D eigenvalue weighted by Gasteiger charge is 2.51. The molecule has 13 heteroatoms. The van der Waals surface area contributed by atoms with E-state index in [4.69, 9.17) is 9.31 Å². The maximum absolute atomic E-state index is 12.3. The predicted octanol–water partition coefficient (Wildman–Crippen LogP) is 2.09. The van der Waals surface area contributed by atoms with Crippen LogP contribution < -0.4 is 16.1 Å². The van der Waals surface area contributed by atoms with E-state index in [1.807, 2.05) is 57.3 Å². The first kappa shape index (κ1) is 26.1. The van der Waals surface area contributed by atoms with Crippen molar-refractivity contribution < 1.29 is 27.3 Å². The van der Waals surface area contributed by atoms with Crippen LogP contribution in [0.2, 0.25) is 0 Å². The van der Waals surface area contributed by atoms with Crippen molar-refractivity contribution in [3.63, 3.8) is 0 Å². The zero-order chi connectivity index (χ0) is 26.3. The summed E-state index contributed by atoms with van der Waals surface area (Å²) in [6.07, 6.45) is 3.48. The number of carbonyl (C=O) groups is 2. The minimum atomic E-state index is -3.49. The number of carbonyl (C=O) groups excluding carboxylic acids is 2. The van der Waals surface area contributed by atoms with Gasteiger partial charge in [-0.3, -0.25) is 13.6 Å². The van der Waals surface area contributed by atoms with E-state index in [1.54, 1.807) is 0 Å². The van der Waals surface area contributed by atoms with E-state index >= 15 is 0 Å². The minimum Gasteiger partial charge on any atom is -0.399 e. The van der Waals surface area contributed by atoms with Crippen LogP contribution in [0.15, 0.2) is 48.1 Å². The number of benzene rings is 1. The van der Waals surface area contributed by atoms with Crippen LogP contribution in [0.4, 0.5) is 5.13 Å². The van der Waals surface area contributed by atoms with E-state index in [9.17, 15) is 18.0 Å². The molecule has 0 atom stereocenters. The Morgan fingerprint density at radius 3 is 2.47 bits per heavy atom. The van der Waals surface area contributed by atoms with Crippen molar-refractivity contribution in [2.45, 2.75) is 38.9 Å². The zero-order valence-electron chi connectivity index (χ0n) is 20.6. The van der Waals surface area contributed by atoms with E-state index in [1.165, 1.54) is 29.8 Å². The highest BCUT2D eigenvalue weighted by molar-refractivity contribution is 7.89. The van der Waals surface area contributed by atoms with Gasteiger partial charge < -0.3 is 19.9 Å². The van der Waals surface area contributed by atoms with Crippen molar-refractivity contribution >= 4 is 50.9 Å². The van der Waals surface area contributed by atoms with Gasteiger partial charge in [-0.1, -0.05) is 24.3 Å². The molecule has 2 amide bonds. The van der Waals surface area contributed by atoms with Crippen LogP contribution in [-0.4, -0.2) is 60.3 Å². The molecule has 1 fully saturated rings. The third-order valence-electron chi connectivity index (χ3n) is 6.18. The summed E-state index contributed by atoms with van der Waals surface area (Å²) >= 11 is 1.26. The van der Waals surface area contributed by atoms with E-state index in [0.717, 1.165) is 21.3 Å². The van der Waals surface area contributed by atoms with Gasteiger partial charge in [-0.2, -0.15) is 0 Å². The average molecular weight is 530 g/mol. The molecule has 0 aliphatic carbocycles.